The van der Waals surface area contributed by atoms with Gasteiger partial charge in [0.2, 0.25) is 0 Å². The Balaban J connectivity index is 1.89. The van der Waals surface area contributed by atoms with E-state index in [1.54, 1.807) is 12.1 Å². The van der Waals surface area contributed by atoms with Crippen molar-refractivity contribution in [2.24, 2.45) is 0 Å². The van der Waals surface area contributed by atoms with Crippen LogP contribution >= 0.6 is 0 Å². The summed E-state index contributed by atoms with van der Waals surface area (Å²) in [5.41, 5.74) is 3.64. The first-order chi connectivity index (χ1) is 8.33. The Morgan fingerprint density at radius 2 is 2.12 bits per heavy atom. The molecular weight excluding hydrogens is 213 g/mol. The summed E-state index contributed by atoms with van der Waals surface area (Å²) in [4.78, 5) is 4.18. The molecule has 0 N–H and O–H groups in total. The number of rotatable bonds is 3. The van der Waals surface area contributed by atoms with E-state index in [2.05, 4.69) is 11.1 Å². The second-order valence-corrected chi connectivity index (χ2v) is 4.66. The fourth-order valence-electron chi connectivity index (χ4n) is 2.25. The van der Waals surface area contributed by atoms with E-state index in [1.165, 1.54) is 30.0 Å². The van der Waals surface area contributed by atoms with Gasteiger partial charge >= 0.3 is 0 Å². The van der Waals surface area contributed by atoms with E-state index >= 15 is 0 Å². The molecule has 0 saturated heterocycles. The Morgan fingerprint density at radius 3 is 2.88 bits per heavy atom. The molecule has 1 aliphatic carbocycles. The maximum Gasteiger partial charge on any atom is 0.123 e. The SMILES string of the molecule is Fc1cccc(Cc2cnccc2C2CC2)c1. The summed E-state index contributed by atoms with van der Waals surface area (Å²) in [5, 5.41) is 0. The fourth-order valence-corrected chi connectivity index (χ4v) is 2.25. The molecule has 1 aliphatic rings. The number of nitrogens with zero attached hydrogens (tertiary/aromatic N) is 1. The van der Waals surface area contributed by atoms with E-state index in [4.69, 9.17) is 0 Å². The van der Waals surface area contributed by atoms with Crippen molar-refractivity contribution in [2.75, 3.05) is 0 Å². The highest BCUT2D eigenvalue weighted by atomic mass is 19.1. The molecule has 86 valence electrons. The monoisotopic (exact) mass is 227 g/mol. The predicted octanol–water partition coefficient (Wildman–Crippen LogP) is 3.69. The molecule has 0 aliphatic heterocycles. The number of halogens is 1. The molecule has 2 aromatic rings. The topological polar surface area (TPSA) is 12.9 Å². The van der Waals surface area contributed by atoms with Crippen LogP contribution in [0, 0.1) is 5.82 Å². The largest absolute Gasteiger partial charge is 0.264 e. The Bertz CT molecular complexity index is 532. The highest BCUT2D eigenvalue weighted by molar-refractivity contribution is 5.35. The third-order valence-corrected chi connectivity index (χ3v) is 3.24. The Hall–Kier alpha value is -1.70. The predicted molar refractivity (Wildman–Crippen MR) is 65.4 cm³/mol. The quantitative estimate of drug-likeness (QED) is 0.779. The van der Waals surface area contributed by atoms with Gasteiger partial charge in [0.1, 0.15) is 5.82 Å². The number of benzene rings is 1. The Labute approximate surface area is 100 Å². The van der Waals surface area contributed by atoms with E-state index < -0.39 is 0 Å². The summed E-state index contributed by atoms with van der Waals surface area (Å²) in [6, 6.07) is 8.91. The summed E-state index contributed by atoms with van der Waals surface area (Å²) in [6.45, 7) is 0. The van der Waals surface area contributed by atoms with Crippen molar-refractivity contribution in [3.05, 3.63) is 65.2 Å². The van der Waals surface area contributed by atoms with Gasteiger partial charge < -0.3 is 0 Å². The van der Waals surface area contributed by atoms with Gasteiger partial charge in [0, 0.05) is 12.4 Å². The zero-order valence-corrected chi connectivity index (χ0v) is 9.57. The Kier molecular flexibility index (Phi) is 2.63. The molecule has 17 heavy (non-hydrogen) atoms. The average Bonchev–Trinajstić information content (AvgIpc) is 3.14. The first kappa shape index (κ1) is 10.5. The van der Waals surface area contributed by atoms with Crippen molar-refractivity contribution in [1.82, 2.24) is 4.98 Å². The molecule has 0 amide bonds. The van der Waals surface area contributed by atoms with E-state index in [1.807, 2.05) is 18.5 Å². The lowest BCUT2D eigenvalue weighted by Gasteiger charge is -2.07. The molecule has 0 unspecified atom stereocenters. The zero-order valence-electron chi connectivity index (χ0n) is 9.57. The summed E-state index contributed by atoms with van der Waals surface area (Å²) in [7, 11) is 0. The maximum absolute atomic E-state index is 13.1. The van der Waals surface area contributed by atoms with Crippen LogP contribution < -0.4 is 0 Å². The number of aromatic nitrogens is 1. The molecule has 1 aromatic heterocycles. The molecule has 3 rings (SSSR count). The standard InChI is InChI=1S/C15H14FN/c16-14-3-1-2-11(9-14)8-13-10-17-7-6-15(13)12-4-5-12/h1-3,6-7,9-10,12H,4-5,8H2. The summed E-state index contributed by atoms with van der Waals surface area (Å²) in [5.74, 6) is 0.543. The molecule has 0 atom stereocenters. The Morgan fingerprint density at radius 1 is 1.24 bits per heavy atom. The second-order valence-electron chi connectivity index (χ2n) is 4.66. The van der Waals surface area contributed by atoms with Crippen LogP contribution in [0.1, 0.15) is 35.4 Å². The van der Waals surface area contributed by atoms with Gasteiger partial charge in [0.15, 0.2) is 0 Å². The van der Waals surface area contributed by atoms with Crippen LogP contribution in [0.5, 0.6) is 0 Å². The van der Waals surface area contributed by atoms with Gasteiger partial charge in [0.25, 0.3) is 0 Å². The highest BCUT2D eigenvalue weighted by Crippen LogP contribution is 2.41. The fraction of sp³-hybridized carbons (Fsp3) is 0.267. The van der Waals surface area contributed by atoms with Crippen LogP contribution in [0.2, 0.25) is 0 Å². The van der Waals surface area contributed by atoms with Crippen molar-refractivity contribution < 1.29 is 4.39 Å². The van der Waals surface area contributed by atoms with E-state index in [0.29, 0.717) is 5.92 Å². The molecule has 1 heterocycles. The minimum Gasteiger partial charge on any atom is -0.264 e. The van der Waals surface area contributed by atoms with Gasteiger partial charge in [-0.1, -0.05) is 12.1 Å². The van der Waals surface area contributed by atoms with Crippen molar-refractivity contribution in [3.8, 4) is 0 Å². The van der Waals surface area contributed by atoms with Gasteiger partial charge in [-0.15, -0.1) is 0 Å². The van der Waals surface area contributed by atoms with Gasteiger partial charge in [0.05, 0.1) is 0 Å². The minimum absolute atomic E-state index is 0.167. The van der Waals surface area contributed by atoms with Crippen LogP contribution in [0.3, 0.4) is 0 Å². The molecule has 1 aromatic carbocycles. The van der Waals surface area contributed by atoms with E-state index in [0.717, 1.165) is 12.0 Å². The van der Waals surface area contributed by atoms with Gasteiger partial charge in [-0.3, -0.25) is 4.98 Å². The summed E-state index contributed by atoms with van der Waals surface area (Å²) >= 11 is 0. The van der Waals surface area contributed by atoms with Gasteiger partial charge in [-0.2, -0.15) is 0 Å². The lowest BCUT2D eigenvalue weighted by Crippen LogP contribution is -1.95. The minimum atomic E-state index is -0.167. The van der Waals surface area contributed by atoms with E-state index in [-0.39, 0.29) is 5.82 Å². The average molecular weight is 227 g/mol. The number of hydrogen-bond donors (Lipinski definition) is 0. The van der Waals surface area contributed by atoms with Crippen molar-refractivity contribution in [2.45, 2.75) is 25.2 Å². The van der Waals surface area contributed by atoms with Crippen LogP contribution in [0.25, 0.3) is 0 Å². The normalized spacial score (nSPS) is 14.9. The van der Waals surface area contributed by atoms with Crippen LogP contribution in [-0.4, -0.2) is 4.98 Å². The first-order valence-electron chi connectivity index (χ1n) is 6.00. The molecule has 1 saturated carbocycles. The first-order valence-corrected chi connectivity index (χ1v) is 6.00. The van der Waals surface area contributed by atoms with Crippen LogP contribution in [0.4, 0.5) is 4.39 Å². The molecule has 1 nitrogen and oxygen atoms in total. The lowest BCUT2D eigenvalue weighted by atomic mass is 9.99. The lowest BCUT2D eigenvalue weighted by molar-refractivity contribution is 0.626. The van der Waals surface area contributed by atoms with E-state index in [9.17, 15) is 4.39 Å². The van der Waals surface area contributed by atoms with Crippen molar-refractivity contribution in [1.29, 1.82) is 0 Å². The molecule has 0 radical (unpaired) electrons. The smallest absolute Gasteiger partial charge is 0.123 e. The van der Waals surface area contributed by atoms with Crippen molar-refractivity contribution in [3.63, 3.8) is 0 Å². The number of pyridine rings is 1. The molecule has 0 bridgehead atoms. The highest BCUT2D eigenvalue weighted by Gasteiger charge is 2.25. The zero-order chi connectivity index (χ0) is 11.7. The molecule has 1 fully saturated rings. The number of hydrogen-bond acceptors (Lipinski definition) is 1. The third-order valence-electron chi connectivity index (χ3n) is 3.24. The third kappa shape index (κ3) is 2.36. The summed E-state index contributed by atoms with van der Waals surface area (Å²) in [6.07, 6.45) is 7.10. The summed E-state index contributed by atoms with van der Waals surface area (Å²) < 4.78 is 13.1. The molecule has 2 heteroatoms. The van der Waals surface area contributed by atoms with Gasteiger partial charge in [-0.05, 0) is 60.1 Å². The maximum atomic E-state index is 13.1. The van der Waals surface area contributed by atoms with Gasteiger partial charge in [-0.25, -0.2) is 4.39 Å². The van der Waals surface area contributed by atoms with Crippen LogP contribution in [-0.2, 0) is 6.42 Å². The molecule has 0 spiro atoms. The molecular formula is C15H14FN. The second kappa shape index (κ2) is 4.28. The van der Waals surface area contributed by atoms with Crippen molar-refractivity contribution >= 4 is 0 Å². The van der Waals surface area contributed by atoms with Crippen LogP contribution in [0.15, 0.2) is 42.7 Å².